The van der Waals surface area contributed by atoms with Crippen LogP contribution in [-0.2, 0) is 0 Å². The Labute approximate surface area is 262 Å². The molecule has 8 unspecified atom stereocenters. The molecule has 8 atom stereocenters. The Morgan fingerprint density at radius 1 is 0.881 bits per heavy atom. The first kappa shape index (κ1) is 33.6. The molecule has 5 saturated carbocycles. The molecule has 6 rings (SSSR count). The quantitative estimate of drug-likeness (QED) is 0.278. The van der Waals surface area contributed by atoms with Crippen molar-refractivity contribution in [3.05, 3.63) is 60.3 Å². The molecule has 0 radical (unpaired) electrons. The van der Waals surface area contributed by atoms with E-state index in [-0.39, 0.29) is 5.41 Å². The van der Waals surface area contributed by atoms with E-state index in [9.17, 15) is 0 Å². The van der Waals surface area contributed by atoms with E-state index in [1.54, 1.807) is 11.1 Å². The SMILES string of the molecule is C=C1C=CC2(C)C(=C1)CCC1C2CCC2(C)C1CC1CC(C3CCCCC3)CC12C(=C)CCC(=C)C(C)C.CC.CC. The maximum absolute atomic E-state index is 5.04. The van der Waals surface area contributed by atoms with Crippen LogP contribution in [0.2, 0.25) is 0 Å². The second kappa shape index (κ2) is 13.4. The molecule has 236 valence electrons. The lowest BCUT2D eigenvalue weighted by molar-refractivity contribution is -0.0620. The van der Waals surface area contributed by atoms with E-state index in [4.69, 9.17) is 6.58 Å². The molecule has 42 heavy (non-hydrogen) atoms. The predicted octanol–water partition coefficient (Wildman–Crippen LogP) is 13.1. The Balaban J connectivity index is 0.000000972. The van der Waals surface area contributed by atoms with E-state index >= 15 is 0 Å². The first-order valence-corrected chi connectivity index (χ1v) is 18.6. The van der Waals surface area contributed by atoms with Crippen LogP contribution in [0.3, 0.4) is 0 Å². The molecule has 0 aromatic carbocycles. The monoisotopic (exact) mass is 573 g/mol. The number of allylic oxidation sites excluding steroid dienone is 7. The van der Waals surface area contributed by atoms with Gasteiger partial charge in [0, 0.05) is 5.41 Å². The summed E-state index contributed by atoms with van der Waals surface area (Å²) < 4.78 is 0. The molecule has 5 fully saturated rings. The fraction of sp³-hybridized carbons (Fsp3) is 0.762. The molecule has 0 saturated heterocycles. The summed E-state index contributed by atoms with van der Waals surface area (Å²) in [6.45, 7) is 31.8. The van der Waals surface area contributed by atoms with Gasteiger partial charge in [-0.3, -0.25) is 0 Å². The smallest absolute Gasteiger partial charge is 0.0100 e. The third kappa shape index (κ3) is 5.42. The molecule has 0 aliphatic heterocycles. The van der Waals surface area contributed by atoms with Crippen LogP contribution >= 0.6 is 0 Å². The lowest BCUT2D eigenvalue weighted by Crippen LogP contribution is -2.52. The van der Waals surface area contributed by atoms with E-state index in [0.29, 0.717) is 16.7 Å². The largest absolute Gasteiger partial charge is 0.0996 e. The van der Waals surface area contributed by atoms with Gasteiger partial charge >= 0.3 is 0 Å². The summed E-state index contributed by atoms with van der Waals surface area (Å²) in [7, 11) is 0. The molecule has 0 heteroatoms. The van der Waals surface area contributed by atoms with Gasteiger partial charge in [-0.15, -0.1) is 0 Å². The molecule has 0 aromatic heterocycles. The molecule has 6 aliphatic carbocycles. The number of hydrogen-bond donors (Lipinski definition) is 0. The van der Waals surface area contributed by atoms with Crippen LogP contribution in [-0.4, -0.2) is 0 Å². The summed E-state index contributed by atoms with van der Waals surface area (Å²) in [4.78, 5) is 0. The molecular formula is C42H68. The molecule has 6 aliphatic rings. The Bertz CT molecular complexity index is 1040. The van der Waals surface area contributed by atoms with Gasteiger partial charge in [0.2, 0.25) is 0 Å². The second-order valence-electron chi connectivity index (χ2n) is 15.7. The van der Waals surface area contributed by atoms with Crippen molar-refractivity contribution in [1.29, 1.82) is 0 Å². The minimum atomic E-state index is 0.257. The van der Waals surface area contributed by atoms with Gasteiger partial charge in [0.15, 0.2) is 0 Å². The minimum Gasteiger partial charge on any atom is -0.0996 e. The Morgan fingerprint density at radius 3 is 2.24 bits per heavy atom. The minimum absolute atomic E-state index is 0.257. The topological polar surface area (TPSA) is 0 Å². The number of rotatable bonds is 6. The predicted molar refractivity (Wildman–Crippen MR) is 186 cm³/mol. The zero-order valence-corrected chi connectivity index (χ0v) is 29.3. The van der Waals surface area contributed by atoms with Crippen molar-refractivity contribution in [3.8, 4) is 0 Å². The standard InChI is InChI=1S/C38H56.2C2H6/c1-25(2)27(4)13-14-28(5)38-24-30(29-11-9-8-10-12-29)22-32(38)23-35-33-16-15-31-21-26(3)17-19-36(31,6)34(33)18-20-37(35,38)7;2*1-2/h17,19,21,25,29-30,32-35H,3-5,8-16,18,20,22-24H2,1-2,6-7H3;2*1-2H3. The summed E-state index contributed by atoms with van der Waals surface area (Å²) in [6.07, 6.45) is 27.0. The highest BCUT2D eigenvalue weighted by Gasteiger charge is 2.70. The van der Waals surface area contributed by atoms with Crippen molar-refractivity contribution in [2.45, 2.75) is 145 Å². The lowest BCUT2D eigenvalue weighted by Gasteiger charge is -2.60. The summed E-state index contributed by atoms with van der Waals surface area (Å²) >= 11 is 0. The van der Waals surface area contributed by atoms with Crippen LogP contribution in [0, 0.1) is 57.7 Å². The van der Waals surface area contributed by atoms with E-state index in [1.165, 1.54) is 94.6 Å². The van der Waals surface area contributed by atoms with Crippen molar-refractivity contribution < 1.29 is 0 Å². The van der Waals surface area contributed by atoms with Crippen LogP contribution in [0.5, 0.6) is 0 Å². The fourth-order valence-corrected chi connectivity index (χ4v) is 11.7. The van der Waals surface area contributed by atoms with Crippen LogP contribution in [0.1, 0.15) is 145 Å². The highest BCUT2D eigenvalue weighted by molar-refractivity contribution is 5.44. The van der Waals surface area contributed by atoms with Crippen molar-refractivity contribution in [2.75, 3.05) is 0 Å². The summed E-state index contributed by atoms with van der Waals surface area (Å²) in [5.41, 5.74) is 7.01. The molecule has 0 heterocycles. The second-order valence-corrected chi connectivity index (χ2v) is 15.7. The maximum Gasteiger partial charge on any atom is 0.0100 e. The van der Waals surface area contributed by atoms with E-state index in [1.807, 2.05) is 27.7 Å². The van der Waals surface area contributed by atoms with Gasteiger partial charge in [0.05, 0.1) is 0 Å². The van der Waals surface area contributed by atoms with Gasteiger partial charge in [0.25, 0.3) is 0 Å². The molecule has 0 aromatic rings. The highest BCUT2D eigenvalue weighted by atomic mass is 14.7. The third-order valence-corrected chi connectivity index (χ3v) is 14.0. The fourth-order valence-electron chi connectivity index (χ4n) is 11.7. The van der Waals surface area contributed by atoms with Crippen LogP contribution < -0.4 is 0 Å². The average molecular weight is 573 g/mol. The Morgan fingerprint density at radius 2 is 1.57 bits per heavy atom. The molecule has 0 nitrogen and oxygen atoms in total. The van der Waals surface area contributed by atoms with Crippen molar-refractivity contribution in [3.63, 3.8) is 0 Å². The summed E-state index contributed by atoms with van der Waals surface area (Å²) in [5.74, 6) is 5.96. The first-order chi connectivity index (χ1) is 20.1. The summed E-state index contributed by atoms with van der Waals surface area (Å²) in [5, 5.41) is 0. The normalized spacial score (nSPS) is 40.4. The Kier molecular flexibility index (Phi) is 10.7. The average Bonchev–Trinajstić information content (AvgIpc) is 3.51. The van der Waals surface area contributed by atoms with E-state index < -0.39 is 0 Å². The van der Waals surface area contributed by atoms with Crippen molar-refractivity contribution >= 4 is 0 Å². The molecule has 0 spiro atoms. The summed E-state index contributed by atoms with van der Waals surface area (Å²) in [6, 6.07) is 0. The molecule has 0 bridgehead atoms. The van der Waals surface area contributed by atoms with Crippen LogP contribution in [0.15, 0.2) is 60.3 Å². The molecule has 0 amide bonds. The molecular weight excluding hydrogens is 504 g/mol. The molecule has 0 N–H and O–H groups in total. The van der Waals surface area contributed by atoms with Gasteiger partial charge in [-0.1, -0.05) is 142 Å². The van der Waals surface area contributed by atoms with Gasteiger partial charge in [-0.25, -0.2) is 0 Å². The zero-order chi connectivity index (χ0) is 30.9. The zero-order valence-electron chi connectivity index (χ0n) is 29.3. The van der Waals surface area contributed by atoms with Gasteiger partial charge in [0.1, 0.15) is 0 Å². The lowest BCUT2D eigenvalue weighted by atomic mass is 9.44. The first-order valence-electron chi connectivity index (χ1n) is 18.6. The van der Waals surface area contributed by atoms with Crippen molar-refractivity contribution in [1.82, 2.24) is 0 Å². The van der Waals surface area contributed by atoms with Crippen molar-refractivity contribution in [2.24, 2.45) is 57.7 Å². The number of hydrogen-bond acceptors (Lipinski definition) is 0. The van der Waals surface area contributed by atoms with Gasteiger partial charge < -0.3 is 0 Å². The van der Waals surface area contributed by atoms with Gasteiger partial charge in [-0.05, 0) is 116 Å². The van der Waals surface area contributed by atoms with Crippen LogP contribution in [0.25, 0.3) is 0 Å². The highest BCUT2D eigenvalue weighted by Crippen LogP contribution is 2.77. The van der Waals surface area contributed by atoms with E-state index in [0.717, 1.165) is 41.9 Å². The van der Waals surface area contributed by atoms with E-state index in [2.05, 4.69) is 59.1 Å². The van der Waals surface area contributed by atoms with Gasteiger partial charge in [-0.2, -0.15) is 0 Å². The number of fused-ring (bicyclic) bond motifs is 7. The van der Waals surface area contributed by atoms with Crippen LogP contribution in [0.4, 0.5) is 0 Å². The Hall–Kier alpha value is -1.30. The third-order valence-electron chi connectivity index (χ3n) is 14.0. The maximum atomic E-state index is 5.04.